The van der Waals surface area contributed by atoms with Crippen LogP contribution in [0.15, 0.2) is 194 Å². The predicted molar refractivity (Wildman–Crippen MR) is 286 cm³/mol. The molecule has 0 fully saturated rings. The Bertz CT molecular complexity index is 3000. The number of unbranched alkanes of at least 4 members (excludes halogenated alkanes) is 2. The number of carbonyl (C=O) groups excluding carboxylic acids is 2. The second-order valence-electron chi connectivity index (χ2n) is 17.8. The number of ether oxygens (including phenoxy) is 2. The van der Waals surface area contributed by atoms with Crippen molar-refractivity contribution in [3.8, 4) is 11.5 Å². The number of hydrogen-bond donors (Lipinski definition) is 4. The molecule has 2 heterocycles. The number of benzene rings is 8. The zero-order chi connectivity index (χ0) is 49.9. The van der Waals surface area contributed by atoms with Crippen molar-refractivity contribution in [2.24, 2.45) is 0 Å². The molecule has 0 atom stereocenters. The molecule has 8 aromatic carbocycles. The summed E-state index contributed by atoms with van der Waals surface area (Å²) in [6, 6.07) is 59.8. The fourth-order valence-corrected chi connectivity index (χ4v) is 9.55. The van der Waals surface area contributed by atoms with E-state index < -0.39 is 23.1 Å². The van der Waals surface area contributed by atoms with Gasteiger partial charge in [-0.15, -0.1) is 0 Å². The zero-order valence-corrected chi connectivity index (χ0v) is 40.1. The number of hydrogen-bond acceptors (Lipinski definition) is 6. The van der Waals surface area contributed by atoms with Gasteiger partial charge in [0.05, 0.1) is 0 Å². The number of rotatable bonds is 16. The molecule has 11 heteroatoms. The number of carbonyl (C=O) groups is 4. The minimum Gasteiger partial charge on any atom is -0.481 e. The van der Waals surface area contributed by atoms with Crippen LogP contribution in [-0.4, -0.2) is 52.5 Å². The summed E-state index contributed by atoms with van der Waals surface area (Å²) in [4.78, 5) is 47.2. The Kier molecular flexibility index (Phi) is 15.9. The van der Waals surface area contributed by atoms with Crippen molar-refractivity contribution in [2.45, 2.75) is 49.7 Å². The highest BCUT2D eigenvalue weighted by molar-refractivity contribution is 6.10. The van der Waals surface area contributed by atoms with Gasteiger partial charge in [-0.1, -0.05) is 146 Å². The van der Waals surface area contributed by atoms with E-state index in [0.29, 0.717) is 49.9 Å². The Morgan fingerprint density at radius 3 is 1.07 bits per heavy atom. The molecular weight excluding hydrogens is 917 g/mol. The molecule has 8 aromatic rings. The van der Waals surface area contributed by atoms with Crippen molar-refractivity contribution in [3.05, 3.63) is 239 Å². The largest absolute Gasteiger partial charge is 0.481 e. The van der Waals surface area contributed by atoms with Crippen LogP contribution in [-0.2, 0) is 20.8 Å². The van der Waals surface area contributed by atoms with Gasteiger partial charge in [-0.05, 0) is 108 Å². The van der Waals surface area contributed by atoms with E-state index in [-0.39, 0.29) is 30.1 Å². The van der Waals surface area contributed by atoms with Crippen LogP contribution in [0.3, 0.4) is 0 Å². The molecule has 11 nitrogen and oxygen atoms in total. The Morgan fingerprint density at radius 2 is 0.740 bits per heavy atom. The van der Waals surface area contributed by atoms with Crippen molar-refractivity contribution in [3.63, 3.8) is 0 Å². The highest BCUT2D eigenvalue weighted by atomic mass is 16.5. The SMILES string of the molecule is O.O=C(O)CCCCNC(=O)c1cccc2c3c(ccc12)OC(c1ccccc1)(c1ccccc1)C=C3.O=C(O)CCCCNC(=O)c1cccc2c3c(ccc12)OC(c1ccccc1)(c1ccccc1)C=C3. The summed E-state index contributed by atoms with van der Waals surface area (Å²) < 4.78 is 13.6. The zero-order valence-electron chi connectivity index (χ0n) is 40.1. The standard InChI is InChI=1S/2C31H27NO4.H2O/c2*33-29(34)16-7-8-21-32-30(35)27-15-9-14-24-25(27)17-18-28-26(24)19-20-31(36-28,22-10-3-1-4-11-22)23-12-5-2-6-13-23;/h2*1-6,9-15,17-20H,7-8,16,21H2,(H,32,35)(H,33,34);1H2. The van der Waals surface area contributed by atoms with Gasteiger partial charge in [-0.2, -0.15) is 0 Å². The van der Waals surface area contributed by atoms with E-state index in [0.717, 1.165) is 66.4 Å². The number of carboxylic acid groups (broad SMARTS) is 2. The monoisotopic (exact) mass is 972 g/mol. The highest BCUT2D eigenvalue weighted by Gasteiger charge is 2.39. The minimum atomic E-state index is -0.820. The normalized spacial score (nSPS) is 13.4. The summed E-state index contributed by atoms with van der Waals surface area (Å²) >= 11 is 0. The first kappa shape index (κ1) is 50.6. The molecule has 368 valence electrons. The Balaban J connectivity index is 0.000000192. The fraction of sp³-hybridized carbons (Fsp3) is 0.161. The van der Waals surface area contributed by atoms with Crippen LogP contribution < -0.4 is 20.1 Å². The van der Waals surface area contributed by atoms with Crippen molar-refractivity contribution < 1.29 is 44.3 Å². The van der Waals surface area contributed by atoms with Gasteiger partial charge in [-0.25, -0.2) is 0 Å². The maximum Gasteiger partial charge on any atom is 0.303 e. The number of fused-ring (bicyclic) bond motifs is 6. The van der Waals surface area contributed by atoms with E-state index in [2.05, 4.69) is 83.5 Å². The first-order valence-electron chi connectivity index (χ1n) is 24.3. The van der Waals surface area contributed by atoms with Crippen LogP contribution in [0.5, 0.6) is 11.5 Å². The first-order valence-corrected chi connectivity index (χ1v) is 24.3. The van der Waals surface area contributed by atoms with Crippen LogP contribution in [0.1, 0.15) is 92.6 Å². The fourth-order valence-electron chi connectivity index (χ4n) is 9.55. The average molecular weight is 973 g/mol. The second kappa shape index (κ2) is 23.0. The Morgan fingerprint density at radius 1 is 0.397 bits per heavy atom. The van der Waals surface area contributed by atoms with Gasteiger partial charge in [0, 0.05) is 70.4 Å². The van der Waals surface area contributed by atoms with Gasteiger partial charge < -0.3 is 35.8 Å². The van der Waals surface area contributed by atoms with Gasteiger partial charge in [0.2, 0.25) is 0 Å². The van der Waals surface area contributed by atoms with Crippen LogP contribution in [0, 0.1) is 0 Å². The number of aliphatic carboxylic acids is 2. The number of nitrogens with one attached hydrogen (secondary N) is 2. The molecule has 0 unspecified atom stereocenters. The molecule has 10 rings (SSSR count). The molecular formula is C62H56N2O9. The van der Waals surface area contributed by atoms with Gasteiger partial charge >= 0.3 is 11.9 Å². The summed E-state index contributed by atoms with van der Waals surface area (Å²) in [5, 5.41) is 27.0. The molecule has 2 aliphatic heterocycles. The van der Waals surface area contributed by atoms with Crippen molar-refractivity contribution in [1.82, 2.24) is 10.6 Å². The second-order valence-corrected chi connectivity index (χ2v) is 17.8. The average Bonchev–Trinajstić information content (AvgIpc) is 3.42. The lowest BCUT2D eigenvalue weighted by molar-refractivity contribution is -0.138. The molecule has 0 aromatic heterocycles. The topological polar surface area (TPSA) is 183 Å². The molecule has 0 radical (unpaired) electrons. The van der Waals surface area contributed by atoms with Crippen molar-refractivity contribution in [1.29, 1.82) is 0 Å². The van der Waals surface area contributed by atoms with E-state index in [1.165, 1.54) is 0 Å². The Hall–Kier alpha value is -8.80. The van der Waals surface area contributed by atoms with Crippen molar-refractivity contribution >= 4 is 57.4 Å². The van der Waals surface area contributed by atoms with Crippen LogP contribution in [0.25, 0.3) is 33.7 Å². The molecule has 0 spiro atoms. The minimum absolute atomic E-state index is 0. The van der Waals surface area contributed by atoms with E-state index in [1.807, 2.05) is 133 Å². The van der Waals surface area contributed by atoms with E-state index >= 15 is 0 Å². The summed E-state index contributed by atoms with van der Waals surface area (Å²) in [5.41, 5.74) is 5.68. The molecule has 0 saturated carbocycles. The molecule has 0 saturated heterocycles. The summed E-state index contributed by atoms with van der Waals surface area (Å²) in [5.74, 6) is -0.468. The van der Waals surface area contributed by atoms with Crippen LogP contribution >= 0.6 is 0 Å². The lowest BCUT2D eigenvalue weighted by Gasteiger charge is -2.36. The van der Waals surface area contributed by atoms with Crippen molar-refractivity contribution in [2.75, 3.05) is 13.1 Å². The summed E-state index contributed by atoms with van der Waals surface area (Å²) in [6.45, 7) is 0.875. The molecule has 0 bridgehead atoms. The third-order valence-corrected chi connectivity index (χ3v) is 13.1. The van der Waals surface area contributed by atoms with Gasteiger partial charge in [0.1, 0.15) is 11.5 Å². The summed E-state index contributed by atoms with van der Waals surface area (Å²) in [7, 11) is 0. The first-order chi connectivity index (χ1) is 35.2. The van der Waals surface area contributed by atoms with Gasteiger partial charge in [0.25, 0.3) is 11.8 Å². The third kappa shape index (κ3) is 10.9. The van der Waals surface area contributed by atoms with Gasteiger partial charge in [0.15, 0.2) is 11.2 Å². The molecule has 0 aliphatic carbocycles. The maximum atomic E-state index is 12.9. The summed E-state index contributed by atoms with van der Waals surface area (Å²) in [6.07, 6.45) is 10.9. The molecule has 73 heavy (non-hydrogen) atoms. The highest BCUT2D eigenvalue weighted by Crippen LogP contribution is 2.46. The molecule has 2 amide bonds. The maximum absolute atomic E-state index is 12.9. The number of carboxylic acids is 2. The van der Waals surface area contributed by atoms with Crippen LogP contribution in [0.2, 0.25) is 0 Å². The van der Waals surface area contributed by atoms with Crippen LogP contribution in [0.4, 0.5) is 0 Å². The lowest BCUT2D eigenvalue weighted by Crippen LogP contribution is -2.34. The Labute approximate surface area is 423 Å². The molecule has 6 N–H and O–H groups in total. The van der Waals surface area contributed by atoms with E-state index in [1.54, 1.807) is 0 Å². The predicted octanol–water partition coefficient (Wildman–Crippen LogP) is 11.5. The quantitative estimate of drug-likeness (QED) is 0.0690. The van der Waals surface area contributed by atoms with E-state index in [9.17, 15) is 19.2 Å². The number of amides is 2. The van der Waals surface area contributed by atoms with Gasteiger partial charge in [-0.3, -0.25) is 19.2 Å². The van der Waals surface area contributed by atoms with E-state index in [4.69, 9.17) is 19.7 Å². The smallest absolute Gasteiger partial charge is 0.303 e. The third-order valence-electron chi connectivity index (χ3n) is 13.1. The molecule has 2 aliphatic rings. The lowest BCUT2D eigenvalue weighted by atomic mass is 9.83.